The average Bonchev–Trinajstić information content (AvgIpc) is 2.84. The van der Waals surface area contributed by atoms with Crippen molar-refractivity contribution < 1.29 is 37.0 Å². The Morgan fingerprint density at radius 3 is 2.19 bits per heavy atom. The Morgan fingerprint density at radius 2 is 1.62 bits per heavy atom. The zero-order chi connectivity index (χ0) is 27.2. The van der Waals surface area contributed by atoms with Crippen LogP contribution in [-0.2, 0) is 15.7 Å². The van der Waals surface area contributed by atoms with Gasteiger partial charge in [0.25, 0.3) is 0 Å². The number of pyridine rings is 1. The Labute approximate surface area is 211 Å². The molecule has 1 aromatic heterocycles. The quantitative estimate of drug-likeness (QED) is 0.348. The van der Waals surface area contributed by atoms with Gasteiger partial charge in [0, 0.05) is 23.5 Å². The fraction of sp³-hybridized carbons (Fsp3) is 0.269. The molecule has 2 aromatic carbocycles. The SMILES string of the molecule is CCOC(=O)C(C)(C)Oc1ccc(-c2ccc(NC(=O)Nc3cc(C(F)(F)F)ccc3OC)cc2)cn1. The highest BCUT2D eigenvalue weighted by Gasteiger charge is 2.32. The molecule has 1 heterocycles. The summed E-state index contributed by atoms with van der Waals surface area (Å²) in [5.41, 5.74) is -0.277. The smallest absolute Gasteiger partial charge is 0.416 e. The summed E-state index contributed by atoms with van der Waals surface area (Å²) in [5.74, 6) is -0.162. The van der Waals surface area contributed by atoms with Gasteiger partial charge in [-0.25, -0.2) is 14.6 Å². The second kappa shape index (κ2) is 11.2. The number of carbonyl (C=O) groups is 2. The molecule has 0 aliphatic heterocycles. The molecule has 11 heteroatoms. The third kappa shape index (κ3) is 7.12. The van der Waals surface area contributed by atoms with Crippen LogP contribution in [0, 0.1) is 0 Å². The number of nitrogens with zero attached hydrogens (tertiary/aromatic N) is 1. The lowest BCUT2D eigenvalue weighted by molar-refractivity contribution is -0.158. The van der Waals surface area contributed by atoms with Gasteiger partial charge < -0.3 is 24.8 Å². The molecular weight excluding hydrogens is 491 g/mol. The summed E-state index contributed by atoms with van der Waals surface area (Å²) < 4.78 is 54.7. The van der Waals surface area contributed by atoms with E-state index in [0.717, 1.165) is 29.3 Å². The minimum Gasteiger partial charge on any atom is -0.495 e. The Balaban J connectivity index is 1.65. The summed E-state index contributed by atoms with van der Waals surface area (Å²) in [5, 5.41) is 4.95. The van der Waals surface area contributed by atoms with Gasteiger partial charge in [-0.2, -0.15) is 13.2 Å². The van der Waals surface area contributed by atoms with Crippen molar-refractivity contribution in [1.29, 1.82) is 0 Å². The van der Waals surface area contributed by atoms with E-state index in [-0.39, 0.29) is 23.9 Å². The van der Waals surface area contributed by atoms with Crippen molar-refractivity contribution in [2.75, 3.05) is 24.4 Å². The Bertz CT molecular complexity index is 1240. The minimum atomic E-state index is -4.56. The third-order valence-corrected chi connectivity index (χ3v) is 5.11. The highest BCUT2D eigenvalue weighted by atomic mass is 19.4. The molecule has 8 nitrogen and oxygen atoms in total. The monoisotopic (exact) mass is 517 g/mol. The van der Waals surface area contributed by atoms with Crippen LogP contribution in [0.3, 0.4) is 0 Å². The highest BCUT2D eigenvalue weighted by Crippen LogP contribution is 2.35. The van der Waals surface area contributed by atoms with Gasteiger partial charge in [0.2, 0.25) is 11.5 Å². The average molecular weight is 518 g/mol. The second-order valence-corrected chi connectivity index (χ2v) is 8.29. The molecule has 0 saturated heterocycles. The molecule has 3 aromatic rings. The molecule has 37 heavy (non-hydrogen) atoms. The van der Waals surface area contributed by atoms with Gasteiger partial charge >= 0.3 is 18.2 Å². The van der Waals surface area contributed by atoms with Crippen molar-refractivity contribution in [2.24, 2.45) is 0 Å². The maximum Gasteiger partial charge on any atom is 0.416 e. The van der Waals surface area contributed by atoms with Crippen LogP contribution in [0.4, 0.5) is 29.3 Å². The van der Waals surface area contributed by atoms with Crippen molar-refractivity contribution in [1.82, 2.24) is 4.98 Å². The zero-order valence-electron chi connectivity index (χ0n) is 20.6. The molecule has 0 saturated carbocycles. The molecule has 0 spiro atoms. The first kappa shape index (κ1) is 27.3. The van der Waals surface area contributed by atoms with Crippen LogP contribution in [0.2, 0.25) is 0 Å². The van der Waals surface area contributed by atoms with Crippen molar-refractivity contribution in [3.8, 4) is 22.8 Å². The summed E-state index contributed by atoms with van der Waals surface area (Å²) in [6.07, 6.45) is -2.99. The predicted octanol–water partition coefficient (Wildman–Crippen LogP) is 6.14. The lowest BCUT2D eigenvalue weighted by Crippen LogP contribution is -2.39. The molecule has 196 valence electrons. The van der Waals surface area contributed by atoms with E-state index < -0.39 is 29.3 Å². The number of alkyl halides is 3. The number of hydrogen-bond acceptors (Lipinski definition) is 6. The number of aromatic nitrogens is 1. The van der Waals surface area contributed by atoms with Crippen LogP contribution in [0.5, 0.6) is 11.6 Å². The maximum atomic E-state index is 13.0. The van der Waals surface area contributed by atoms with E-state index in [9.17, 15) is 22.8 Å². The molecule has 0 unspecified atom stereocenters. The van der Waals surface area contributed by atoms with Crippen molar-refractivity contribution >= 4 is 23.4 Å². The number of benzene rings is 2. The van der Waals surface area contributed by atoms with Gasteiger partial charge in [0.15, 0.2) is 0 Å². The normalized spacial score (nSPS) is 11.4. The van der Waals surface area contributed by atoms with Crippen LogP contribution in [0.15, 0.2) is 60.8 Å². The van der Waals surface area contributed by atoms with E-state index in [1.54, 1.807) is 63.4 Å². The molecule has 2 N–H and O–H groups in total. The van der Waals surface area contributed by atoms with Gasteiger partial charge in [0.1, 0.15) is 5.75 Å². The maximum absolute atomic E-state index is 13.0. The summed E-state index contributed by atoms with van der Waals surface area (Å²) in [7, 11) is 1.29. The number of hydrogen-bond donors (Lipinski definition) is 2. The number of amides is 2. The number of esters is 1. The van der Waals surface area contributed by atoms with Crippen molar-refractivity contribution in [3.05, 3.63) is 66.4 Å². The van der Waals surface area contributed by atoms with Crippen LogP contribution < -0.4 is 20.1 Å². The zero-order valence-corrected chi connectivity index (χ0v) is 20.6. The lowest BCUT2D eigenvalue weighted by Gasteiger charge is -2.23. The number of anilines is 2. The molecule has 0 fully saturated rings. The molecule has 0 aliphatic rings. The van der Waals surface area contributed by atoms with Crippen LogP contribution >= 0.6 is 0 Å². The van der Waals surface area contributed by atoms with E-state index in [1.807, 2.05) is 0 Å². The first-order chi connectivity index (χ1) is 17.4. The molecular formula is C26H26F3N3O5. The second-order valence-electron chi connectivity index (χ2n) is 8.29. The molecule has 3 rings (SSSR count). The van der Waals surface area contributed by atoms with E-state index in [1.165, 1.54) is 7.11 Å². The number of urea groups is 1. The Morgan fingerprint density at radius 1 is 0.946 bits per heavy atom. The molecule has 0 atom stereocenters. The summed E-state index contributed by atoms with van der Waals surface area (Å²) in [6, 6.07) is 12.2. The van der Waals surface area contributed by atoms with Gasteiger partial charge in [-0.05, 0) is 62.7 Å². The number of carbonyl (C=O) groups excluding carboxylic acids is 2. The van der Waals surface area contributed by atoms with E-state index in [4.69, 9.17) is 14.2 Å². The summed E-state index contributed by atoms with van der Waals surface area (Å²) >= 11 is 0. The summed E-state index contributed by atoms with van der Waals surface area (Å²) in [4.78, 5) is 28.6. The minimum absolute atomic E-state index is 0.0871. The van der Waals surface area contributed by atoms with Crippen LogP contribution in [0.25, 0.3) is 11.1 Å². The van der Waals surface area contributed by atoms with Crippen molar-refractivity contribution in [3.63, 3.8) is 0 Å². The first-order valence-corrected chi connectivity index (χ1v) is 11.2. The lowest BCUT2D eigenvalue weighted by atomic mass is 10.1. The number of ether oxygens (including phenoxy) is 3. The topological polar surface area (TPSA) is 98.8 Å². The molecule has 0 radical (unpaired) electrons. The fourth-order valence-corrected chi connectivity index (χ4v) is 3.23. The third-order valence-electron chi connectivity index (χ3n) is 5.11. The number of methoxy groups -OCH3 is 1. The van der Waals surface area contributed by atoms with E-state index >= 15 is 0 Å². The standard InChI is InChI=1S/C26H26F3N3O5/c1-5-36-23(33)25(2,3)37-22-13-8-17(15-30-22)16-6-10-19(11-7-16)31-24(34)32-20-14-18(26(27,28)29)9-12-21(20)35-4/h6-15H,5H2,1-4H3,(H2,31,32,34). The molecule has 0 aliphatic carbocycles. The number of rotatable bonds is 8. The molecule has 0 bridgehead atoms. The Hall–Kier alpha value is -4.28. The summed E-state index contributed by atoms with van der Waals surface area (Å²) in [6.45, 7) is 5.13. The van der Waals surface area contributed by atoms with Crippen LogP contribution in [0.1, 0.15) is 26.3 Å². The van der Waals surface area contributed by atoms with E-state index in [0.29, 0.717) is 5.69 Å². The van der Waals surface area contributed by atoms with Gasteiger partial charge in [-0.15, -0.1) is 0 Å². The highest BCUT2D eigenvalue weighted by molar-refractivity contribution is 6.00. The fourth-order valence-electron chi connectivity index (χ4n) is 3.23. The Kier molecular flexibility index (Phi) is 8.26. The first-order valence-electron chi connectivity index (χ1n) is 11.2. The van der Waals surface area contributed by atoms with Crippen molar-refractivity contribution in [2.45, 2.75) is 32.5 Å². The predicted molar refractivity (Wildman–Crippen MR) is 132 cm³/mol. The largest absolute Gasteiger partial charge is 0.495 e. The van der Waals surface area contributed by atoms with E-state index in [2.05, 4.69) is 15.6 Å². The number of halogens is 3. The van der Waals surface area contributed by atoms with Gasteiger partial charge in [0.05, 0.1) is 25.0 Å². The number of nitrogens with one attached hydrogen (secondary N) is 2. The van der Waals surface area contributed by atoms with Gasteiger partial charge in [-0.1, -0.05) is 12.1 Å². The molecule has 2 amide bonds. The van der Waals surface area contributed by atoms with Crippen LogP contribution in [-0.4, -0.2) is 36.3 Å². The van der Waals surface area contributed by atoms with Gasteiger partial charge in [-0.3, -0.25) is 0 Å².